The minimum absolute atomic E-state index is 0.0135. The fourth-order valence-electron chi connectivity index (χ4n) is 5.67. The third-order valence-electron chi connectivity index (χ3n) is 7.44. The van der Waals surface area contributed by atoms with Crippen molar-refractivity contribution in [1.29, 1.82) is 0 Å². The van der Waals surface area contributed by atoms with Crippen LogP contribution >= 0.6 is 26.8 Å². The molecule has 206 valence electrons. The van der Waals surface area contributed by atoms with Gasteiger partial charge in [0.05, 0.1) is 12.9 Å². The molecule has 37 heavy (non-hydrogen) atoms. The highest BCUT2D eigenvalue weighted by Crippen LogP contribution is 2.55. The Bertz CT molecular complexity index is 1250. The Balaban J connectivity index is 1.36. The van der Waals surface area contributed by atoms with E-state index in [1.165, 1.54) is 43.0 Å². The van der Waals surface area contributed by atoms with Crippen molar-refractivity contribution in [2.75, 3.05) is 30.5 Å². The van der Waals surface area contributed by atoms with Crippen LogP contribution in [0.25, 0.3) is 11.2 Å². The average Bonchev–Trinajstić information content (AvgIpc) is 3.48. The minimum atomic E-state index is -4.82. The third-order valence-corrected chi connectivity index (χ3v) is 11.1. The summed E-state index contributed by atoms with van der Waals surface area (Å²) in [6.07, 6.45) is 3.04. The summed E-state index contributed by atoms with van der Waals surface area (Å²) in [5.74, 6) is -0.792. The van der Waals surface area contributed by atoms with Gasteiger partial charge in [-0.2, -0.15) is 9.97 Å². The Morgan fingerprint density at radius 3 is 2.54 bits per heavy atom. The van der Waals surface area contributed by atoms with E-state index in [1.54, 1.807) is 0 Å². The van der Waals surface area contributed by atoms with Crippen molar-refractivity contribution >= 4 is 43.8 Å². The lowest BCUT2D eigenvalue weighted by Crippen LogP contribution is -2.33. The second-order valence-corrected chi connectivity index (χ2v) is 14.5. The number of aromatic nitrogens is 4. The molecule has 2 saturated heterocycles. The van der Waals surface area contributed by atoms with Crippen molar-refractivity contribution in [3.05, 3.63) is 11.6 Å². The molecule has 0 bridgehead atoms. The molecule has 17 heteroatoms. The van der Waals surface area contributed by atoms with E-state index in [-0.39, 0.29) is 16.3 Å². The van der Waals surface area contributed by atoms with Gasteiger partial charge in [0.1, 0.15) is 18.3 Å². The highest BCUT2D eigenvalue weighted by atomic mass is 35.5. The Labute approximate surface area is 217 Å². The molecule has 3 fully saturated rings. The van der Waals surface area contributed by atoms with Crippen LogP contribution in [0.3, 0.4) is 0 Å². The van der Waals surface area contributed by atoms with Gasteiger partial charge in [0.2, 0.25) is 5.28 Å². The van der Waals surface area contributed by atoms with Crippen molar-refractivity contribution < 1.29 is 43.3 Å². The van der Waals surface area contributed by atoms with Gasteiger partial charge in [0, 0.05) is 13.1 Å². The van der Waals surface area contributed by atoms with E-state index in [9.17, 15) is 24.2 Å². The van der Waals surface area contributed by atoms with Crippen molar-refractivity contribution in [3.63, 3.8) is 0 Å². The molecule has 1 spiro atoms. The first-order valence-corrected chi connectivity index (χ1v) is 16.0. The van der Waals surface area contributed by atoms with E-state index in [0.717, 1.165) is 19.5 Å². The molecule has 1 aliphatic carbocycles. The van der Waals surface area contributed by atoms with Gasteiger partial charge in [0.25, 0.3) is 0 Å². The average molecular weight is 582 g/mol. The van der Waals surface area contributed by atoms with Gasteiger partial charge >= 0.3 is 15.2 Å². The number of aliphatic hydroxyl groups is 2. The zero-order chi connectivity index (χ0) is 26.6. The summed E-state index contributed by atoms with van der Waals surface area (Å²) >= 11 is 6.28. The van der Waals surface area contributed by atoms with Gasteiger partial charge in [-0.15, -0.1) is 0 Å². The maximum atomic E-state index is 12.0. The Kier molecular flexibility index (Phi) is 7.47. The molecule has 1 saturated carbocycles. The lowest BCUT2D eigenvalue weighted by molar-refractivity contribution is -0.0483. The molecule has 0 aromatic carbocycles. The molecular weight excluding hydrogens is 552 g/mol. The molecular formula is C20H30ClN5O9P2. The van der Waals surface area contributed by atoms with Gasteiger partial charge in [-0.3, -0.25) is 13.7 Å². The van der Waals surface area contributed by atoms with Crippen LogP contribution < -0.4 is 4.90 Å². The van der Waals surface area contributed by atoms with Gasteiger partial charge in [0.15, 0.2) is 29.1 Å². The Morgan fingerprint density at radius 2 is 1.84 bits per heavy atom. The van der Waals surface area contributed by atoms with E-state index >= 15 is 0 Å². The summed E-state index contributed by atoms with van der Waals surface area (Å²) < 4.78 is 34.9. The normalized spacial score (nSPS) is 29.8. The number of anilines is 1. The largest absolute Gasteiger partial charge is 0.387 e. The number of nitrogens with zero attached hydrogens (tertiary/aromatic N) is 5. The van der Waals surface area contributed by atoms with E-state index in [1.807, 2.05) is 0 Å². The number of fused-ring (bicyclic) bond motifs is 1. The standard InChI is InChI=1S/C20H30ClN5O9P2/c21-19-23-16(25-7-6-20(9-25)4-2-1-3-5-20)13-17(24-19)26(10-22-13)18-15(28)14(27)12(35-18)8-34-37(32,33)11-36(29,30)31/h10,12,14-15,18,27-28H,1-9,11H2,(H,32,33)(H2,29,30,31). The molecule has 2 aromatic heterocycles. The van der Waals surface area contributed by atoms with Gasteiger partial charge < -0.3 is 39.1 Å². The summed E-state index contributed by atoms with van der Waals surface area (Å²) in [5.41, 5.74) is 1.01. The van der Waals surface area contributed by atoms with Crippen molar-refractivity contribution in [1.82, 2.24) is 19.5 Å². The third kappa shape index (κ3) is 5.74. The summed E-state index contributed by atoms with van der Waals surface area (Å²) in [6, 6.07) is 0. The fraction of sp³-hybridized carbons (Fsp3) is 0.750. The molecule has 14 nitrogen and oxygen atoms in total. The molecule has 0 radical (unpaired) electrons. The number of hydrogen-bond donors (Lipinski definition) is 5. The van der Waals surface area contributed by atoms with E-state index in [2.05, 4.69) is 19.9 Å². The smallest absolute Gasteiger partial charge is 0.340 e. The summed E-state index contributed by atoms with van der Waals surface area (Å²) in [4.78, 5) is 42.9. The fourth-order valence-corrected chi connectivity index (χ4v) is 8.40. The topological polar surface area (TPSA) is 201 Å². The Hall–Kier alpha value is -1.18. The van der Waals surface area contributed by atoms with Crippen LogP contribution in [-0.2, 0) is 18.4 Å². The Morgan fingerprint density at radius 1 is 1.11 bits per heavy atom. The molecule has 5 atom stereocenters. The zero-order valence-electron chi connectivity index (χ0n) is 19.8. The van der Waals surface area contributed by atoms with Crippen molar-refractivity contribution in [2.24, 2.45) is 5.41 Å². The first kappa shape index (κ1) is 27.4. The summed E-state index contributed by atoms with van der Waals surface area (Å²) in [7, 11) is -9.49. The second-order valence-electron chi connectivity index (χ2n) is 10.2. The number of ether oxygens (including phenoxy) is 1. The molecule has 4 heterocycles. The van der Waals surface area contributed by atoms with E-state index in [0.29, 0.717) is 11.3 Å². The van der Waals surface area contributed by atoms with E-state index < -0.39 is 52.2 Å². The lowest BCUT2D eigenvalue weighted by Gasteiger charge is -2.33. The highest BCUT2D eigenvalue weighted by Gasteiger charge is 2.46. The highest BCUT2D eigenvalue weighted by molar-refractivity contribution is 7.70. The quantitative estimate of drug-likeness (QED) is 0.233. The van der Waals surface area contributed by atoms with Crippen molar-refractivity contribution in [3.8, 4) is 0 Å². The number of rotatable bonds is 7. The van der Waals surface area contributed by atoms with Crippen LogP contribution in [-0.4, -0.2) is 88.3 Å². The molecule has 0 amide bonds. The predicted octanol–water partition coefficient (Wildman–Crippen LogP) is 1.60. The predicted molar refractivity (Wildman–Crippen MR) is 131 cm³/mol. The zero-order valence-corrected chi connectivity index (χ0v) is 22.4. The maximum absolute atomic E-state index is 12.0. The van der Waals surface area contributed by atoms with Crippen LogP contribution in [0.4, 0.5) is 5.82 Å². The van der Waals surface area contributed by atoms with Crippen LogP contribution in [0.2, 0.25) is 5.28 Å². The van der Waals surface area contributed by atoms with Gasteiger partial charge in [-0.25, -0.2) is 4.98 Å². The van der Waals surface area contributed by atoms with Crippen LogP contribution in [0.1, 0.15) is 44.8 Å². The minimum Gasteiger partial charge on any atom is -0.387 e. The molecule has 5 rings (SSSR count). The van der Waals surface area contributed by atoms with Crippen LogP contribution in [0.15, 0.2) is 6.33 Å². The summed E-state index contributed by atoms with van der Waals surface area (Å²) in [6.45, 7) is 0.969. The SMILES string of the molecule is O=P(O)(O)CP(=O)(O)OCC1OC(n2cnc3c(N4CCC5(CCCCC5)C4)nc(Cl)nc32)C(O)C1O. The first-order chi connectivity index (χ1) is 17.4. The number of hydrogen-bond acceptors (Lipinski definition) is 10. The number of aliphatic hydroxyl groups excluding tert-OH is 2. The monoisotopic (exact) mass is 581 g/mol. The second kappa shape index (κ2) is 10.1. The maximum Gasteiger partial charge on any atom is 0.340 e. The lowest BCUT2D eigenvalue weighted by atomic mass is 9.73. The number of imidazole rings is 1. The molecule has 5 N–H and O–H groups in total. The van der Waals surface area contributed by atoms with Crippen LogP contribution in [0, 0.1) is 5.41 Å². The van der Waals surface area contributed by atoms with Gasteiger partial charge in [-0.05, 0) is 36.3 Å². The molecule has 2 aliphatic heterocycles. The number of halogens is 1. The summed E-state index contributed by atoms with van der Waals surface area (Å²) in [5, 5.41) is 21.1. The van der Waals surface area contributed by atoms with E-state index in [4.69, 9.17) is 30.6 Å². The molecule has 3 aliphatic rings. The molecule has 2 aromatic rings. The molecule has 5 unspecified atom stereocenters. The van der Waals surface area contributed by atoms with Crippen LogP contribution in [0.5, 0.6) is 0 Å². The first-order valence-electron chi connectivity index (χ1n) is 12.0. The van der Waals surface area contributed by atoms with Gasteiger partial charge in [-0.1, -0.05) is 19.3 Å². The van der Waals surface area contributed by atoms with Crippen molar-refractivity contribution in [2.45, 2.75) is 63.1 Å².